The number of carboxylic acids is 1. The minimum atomic E-state index is -1.18. The van der Waals surface area contributed by atoms with Crippen LogP contribution in [0.25, 0.3) is 0 Å². The van der Waals surface area contributed by atoms with E-state index in [0.717, 1.165) is 22.2 Å². The average molecular weight is 350 g/mol. The van der Waals surface area contributed by atoms with E-state index in [1.54, 1.807) is 12.1 Å². The van der Waals surface area contributed by atoms with E-state index in [0.29, 0.717) is 5.69 Å². The number of rotatable bonds is 6. The van der Waals surface area contributed by atoms with Crippen LogP contribution in [0.15, 0.2) is 24.3 Å². The number of carboxylic acid groups (broad SMARTS) is 1. The lowest BCUT2D eigenvalue weighted by Crippen LogP contribution is -2.42. The molecule has 1 aliphatic rings. The first-order valence-corrected chi connectivity index (χ1v) is 8.40. The summed E-state index contributed by atoms with van der Waals surface area (Å²) < 4.78 is 0. The third-order valence-corrected chi connectivity index (χ3v) is 4.90. The molecular weight excluding hydrogens is 332 g/mol. The molecule has 0 saturated carbocycles. The Morgan fingerprint density at radius 2 is 2.04 bits per heavy atom. The monoisotopic (exact) mass is 350 g/mol. The van der Waals surface area contributed by atoms with Crippen molar-refractivity contribution in [2.24, 2.45) is 0 Å². The molecule has 0 spiro atoms. The van der Waals surface area contributed by atoms with Crippen LogP contribution in [0, 0.1) is 6.92 Å². The van der Waals surface area contributed by atoms with Crippen LogP contribution in [0.3, 0.4) is 0 Å². The molecule has 1 fully saturated rings. The van der Waals surface area contributed by atoms with Crippen LogP contribution >= 0.6 is 11.8 Å². The van der Waals surface area contributed by atoms with E-state index >= 15 is 0 Å². The van der Waals surface area contributed by atoms with Crippen LogP contribution in [0.4, 0.5) is 5.69 Å². The third kappa shape index (κ3) is 3.94. The van der Waals surface area contributed by atoms with Crippen molar-refractivity contribution in [3.63, 3.8) is 0 Å². The maximum atomic E-state index is 12.5. The molecule has 1 saturated heterocycles. The number of para-hydroxylation sites is 1. The molecule has 8 heteroatoms. The molecule has 3 amide bonds. The summed E-state index contributed by atoms with van der Waals surface area (Å²) in [5.41, 5.74) is 1.36. The van der Waals surface area contributed by atoms with Gasteiger partial charge in [-0.3, -0.25) is 14.4 Å². The van der Waals surface area contributed by atoms with E-state index in [9.17, 15) is 19.2 Å². The molecule has 2 rings (SSSR count). The van der Waals surface area contributed by atoms with Crippen LogP contribution < -0.4 is 10.2 Å². The Hall–Kier alpha value is -2.35. The van der Waals surface area contributed by atoms with Crippen molar-refractivity contribution in [1.29, 1.82) is 0 Å². The number of thioether (sulfide) groups is 1. The van der Waals surface area contributed by atoms with Crippen molar-refractivity contribution in [3.8, 4) is 0 Å². The van der Waals surface area contributed by atoms with Gasteiger partial charge in [-0.2, -0.15) is 0 Å². The zero-order valence-corrected chi connectivity index (χ0v) is 14.1. The topological polar surface area (TPSA) is 104 Å². The van der Waals surface area contributed by atoms with Crippen molar-refractivity contribution < 1.29 is 24.3 Å². The number of nitrogens with one attached hydrogen (secondary N) is 1. The number of aryl methyl sites for hydroxylation is 1. The number of imide groups is 1. The third-order valence-electron chi connectivity index (χ3n) is 3.60. The van der Waals surface area contributed by atoms with Gasteiger partial charge >= 0.3 is 5.97 Å². The van der Waals surface area contributed by atoms with Crippen LogP contribution in [0.2, 0.25) is 0 Å². The molecule has 128 valence electrons. The highest BCUT2D eigenvalue weighted by molar-refractivity contribution is 8.00. The van der Waals surface area contributed by atoms with Gasteiger partial charge < -0.3 is 10.4 Å². The molecule has 0 bridgehead atoms. The quantitative estimate of drug-likeness (QED) is 0.740. The zero-order valence-electron chi connectivity index (χ0n) is 13.3. The lowest BCUT2D eigenvalue weighted by atomic mass is 10.2. The molecule has 0 aromatic heterocycles. The molecule has 1 aliphatic heterocycles. The normalized spacial score (nSPS) is 18.6. The summed E-state index contributed by atoms with van der Waals surface area (Å²) in [6.07, 6.45) is 0.0181. The Morgan fingerprint density at radius 3 is 2.62 bits per heavy atom. The fourth-order valence-electron chi connectivity index (χ4n) is 2.43. The second-order valence-corrected chi connectivity index (χ2v) is 6.71. The highest BCUT2D eigenvalue weighted by atomic mass is 32.2. The van der Waals surface area contributed by atoms with Gasteiger partial charge in [0.1, 0.15) is 6.04 Å². The molecule has 1 aromatic carbocycles. The minimum absolute atomic E-state index is 0.0141. The summed E-state index contributed by atoms with van der Waals surface area (Å²) in [5, 5.41) is 10.8. The summed E-state index contributed by atoms with van der Waals surface area (Å²) >= 11 is 1.07. The van der Waals surface area contributed by atoms with Gasteiger partial charge in [0.2, 0.25) is 17.7 Å². The van der Waals surface area contributed by atoms with Crippen molar-refractivity contribution in [1.82, 2.24) is 5.32 Å². The number of hydrogen-bond acceptors (Lipinski definition) is 5. The Kier molecular flexibility index (Phi) is 5.61. The molecule has 7 nitrogen and oxygen atoms in total. The summed E-state index contributed by atoms with van der Waals surface area (Å²) in [6.45, 7) is 3.04. The summed E-state index contributed by atoms with van der Waals surface area (Å²) in [7, 11) is 0. The molecular formula is C16H18N2O5S. The van der Waals surface area contributed by atoms with Crippen LogP contribution in [-0.2, 0) is 19.2 Å². The maximum Gasteiger partial charge on any atom is 0.327 e. The van der Waals surface area contributed by atoms with E-state index in [4.69, 9.17) is 5.11 Å². The van der Waals surface area contributed by atoms with E-state index in [1.807, 2.05) is 19.1 Å². The lowest BCUT2D eigenvalue weighted by molar-refractivity contribution is -0.140. The second kappa shape index (κ2) is 7.48. The molecule has 0 unspecified atom stereocenters. The van der Waals surface area contributed by atoms with Crippen LogP contribution in [0.1, 0.15) is 18.9 Å². The first-order valence-electron chi connectivity index (χ1n) is 7.35. The number of benzene rings is 1. The van der Waals surface area contributed by atoms with Crippen molar-refractivity contribution in [3.05, 3.63) is 29.8 Å². The summed E-state index contributed by atoms with van der Waals surface area (Å²) in [5.74, 6) is -2.28. The van der Waals surface area contributed by atoms with Gasteiger partial charge in [-0.25, -0.2) is 9.69 Å². The Balaban J connectivity index is 2.07. The zero-order chi connectivity index (χ0) is 17.9. The van der Waals surface area contributed by atoms with Gasteiger partial charge in [0.05, 0.1) is 10.9 Å². The number of nitrogens with zero attached hydrogens (tertiary/aromatic N) is 1. The maximum absolute atomic E-state index is 12.5. The van der Waals surface area contributed by atoms with Crippen LogP contribution in [-0.4, -0.2) is 45.8 Å². The lowest BCUT2D eigenvalue weighted by Gasteiger charge is -2.18. The number of carbonyl (C=O) groups is 4. The van der Waals surface area contributed by atoms with Crippen molar-refractivity contribution >= 4 is 41.1 Å². The van der Waals surface area contributed by atoms with Gasteiger partial charge in [-0.1, -0.05) is 18.2 Å². The number of hydrogen-bond donors (Lipinski definition) is 2. The molecule has 2 atom stereocenters. The van der Waals surface area contributed by atoms with Gasteiger partial charge in [0, 0.05) is 19.1 Å². The van der Waals surface area contributed by atoms with E-state index in [2.05, 4.69) is 5.32 Å². The van der Waals surface area contributed by atoms with E-state index < -0.39 is 23.2 Å². The summed E-state index contributed by atoms with van der Waals surface area (Å²) in [4.78, 5) is 48.0. The van der Waals surface area contributed by atoms with Gasteiger partial charge in [0.15, 0.2) is 0 Å². The standard InChI is InChI=1S/C16H18N2O5S/c1-9-5-3-4-6-12(9)18-14(20)7-13(15(18)21)24-8-11(16(22)23)17-10(2)19/h3-6,11,13H,7-8H2,1-2H3,(H,17,19)(H,22,23)/t11-,13+/m1/s1. The second-order valence-electron chi connectivity index (χ2n) is 5.47. The highest BCUT2D eigenvalue weighted by Gasteiger charge is 2.40. The summed E-state index contributed by atoms with van der Waals surface area (Å²) in [6, 6.07) is 5.99. The molecule has 0 aliphatic carbocycles. The number of anilines is 1. The van der Waals surface area contributed by atoms with Gasteiger partial charge in [-0.05, 0) is 18.6 Å². The Labute approximate surface area is 143 Å². The number of carbonyl (C=O) groups excluding carboxylic acids is 3. The fraction of sp³-hybridized carbons (Fsp3) is 0.375. The number of aliphatic carboxylic acids is 1. The fourth-order valence-corrected chi connectivity index (χ4v) is 3.59. The largest absolute Gasteiger partial charge is 0.480 e. The molecule has 2 N–H and O–H groups in total. The number of amides is 3. The molecule has 1 heterocycles. The molecule has 24 heavy (non-hydrogen) atoms. The average Bonchev–Trinajstić information content (AvgIpc) is 2.78. The molecule has 1 aromatic rings. The smallest absolute Gasteiger partial charge is 0.327 e. The van der Waals surface area contributed by atoms with Gasteiger partial charge in [0.25, 0.3) is 0 Å². The predicted molar refractivity (Wildman–Crippen MR) is 89.8 cm³/mol. The van der Waals surface area contributed by atoms with Gasteiger partial charge in [-0.15, -0.1) is 11.8 Å². The van der Waals surface area contributed by atoms with E-state index in [-0.39, 0.29) is 24.0 Å². The minimum Gasteiger partial charge on any atom is -0.480 e. The van der Waals surface area contributed by atoms with Crippen molar-refractivity contribution in [2.75, 3.05) is 10.7 Å². The highest BCUT2D eigenvalue weighted by Crippen LogP contribution is 2.31. The van der Waals surface area contributed by atoms with Crippen LogP contribution in [0.5, 0.6) is 0 Å². The Bertz CT molecular complexity index is 691. The van der Waals surface area contributed by atoms with Crippen molar-refractivity contribution in [2.45, 2.75) is 31.6 Å². The SMILES string of the molecule is CC(=O)N[C@H](CS[C@H]1CC(=O)N(c2ccccc2C)C1=O)C(=O)O. The Morgan fingerprint density at radius 1 is 1.38 bits per heavy atom. The predicted octanol–water partition coefficient (Wildman–Crippen LogP) is 0.949. The molecule has 0 radical (unpaired) electrons. The first kappa shape index (κ1) is 18.0. The first-order chi connectivity index (χ1) is 11.3. The van der Waals surface area contributed by atoms with E-state index in [1.165, 1.54) is 6.92 Å².